The van der Waals surface area contributed by atoms with Crippen LogP contribution in [0.4, 0.5) is 5.69 Å². The second kappa shape index (κ2) is 6.81. The molecular weight excluding hydrogens is 312 g/mol. The molecule has 0 unspecified atom stereocenters. The van der Waals surface area contributed by atoms with E-state index in [1.54, 1.807) is 17.5 Å². The Balaban J connectivity index is 1.63. The molecule has 0 aliphatic heterocycles. The van der Waals surface area contributed by atoms with Crippen LogP contribution in [-0.2, 0) is 13.0 Å². The summed E-state index contributed by atoms with van der Waals surface area (Å²) in [5, 5.41) is 8.10. The fraction of sp³-hybridized carbons (Fsp3) is 0.188. The second-order valence-corrected chi connectivity index (χ2v) is 6.30. The number of aryl methyl sites for hydroxylation is 1. The summed E-state index contributed by atoms with van der Waals surface area (Å²) in [6.07, 6.45) is 2.74. The molecule has 0 aliphatic carbocycles. The summed E-state index contributed by atoms with van der Waals surface area (Å²) in [5.41, 5.74) is 2.97. The van der Waals surface area contributed by atoms with Crippen molar-refractivity contribution in [3.63, 3.8) is 0 Å². The molecule has 0 bridgehead atoms. The molecule has 3 aromatic rings. The SMILES string of the molecule is CCc1nc2ccc(NC(=S)NCc3ccccn3)cc2s1. The van der Waals surface area contributed by atoms with E-state index in [9.17, 15) is 0 Å². The normalized spacial score (nSPS) is 10.6. The summed E-state index contributed by atoms with van der Waals surface area (Å²) in [6.45, 7) is 2.73. The van der Waals surface area contributed by atoms with Gasteiger partial charge in [-0.2, -0.15) is 0 Å². The van der Waals surface area contributed by atoms with Gasteiger partial charge in [-0.3, -0.25) is 4.98 Å². The van der Waals surface area contributed by atoms with Crippen LogP contribution in [0.15, 0.2) is 42.6 Å². The van der Waals surface area contributed by atoms with Gasteiger partial charge in [-0.25, -0.2) is 4.98 Å². The molecule has 0 atom stereocenters. The van der Waals surface area contributed by atoms with E-state index in [1.165, 1.54) is 4.70 Å². The summed E-state index contributed by atoms with van der Waals surface area (Å²) >= 11 is 7.05. The van der Waals surface area contributed by atoms with Gasteiger partial charge in [0.15, 0.2) is 5.11 Å². The summed E-state index contributed by atoms with van der Waals surface area (Å²) < 4.78 is 1.18. The maximum atomic E-state index is 5.32. The van der Waals surface area contributed by atoms with Crippen molar-refractivity contribution in [3.05, 3.63) is 53.3 Å². The van der Waals surface area contributed by atoms with Crippen LogP contribution in [-0.4, -0.2) is 15.1 Å². The van der Waals surface area contributed by atoms with Gasteiger partial charge in [0.05, 0.1) is 27.5 Å². The van der Waals surface area contributed by atoms with E-state index < -0.39 is 0 Å². The van der Waals surface area contributed by atoms with Crippen LogP contribution in [0.3, 0.4) is 0 Å². The van der Waals surface area contributed by atoms with Crippen molar-refractivity contribution >= 4 is 44.6 Å². The zero-order valence-electron chi connectivity index (χ0n) is 12.2. The van der Waals surface area contributed by atoms with E-state index in [-0.39, 0.29) is 0 Å². The molecule has 112 valence electrons. The Labute approximate surface area is 138 Å². The van der Waals surface area contributed by atoms with Crippen molar-refractivity contribution in [2.75, 3.05) is 5.32 Å². The topological polar surface area (TPSA) is 49.8 Å². The molecule has 2 N–H and O–H groups in total. The van der Waals surface area contributed by atoms with E-state index in [1.807, 2.05) is 30.3 Å². The Morgan fingerprint density at radius 2 is 2.18 bits per heavy atom. The van der Waals surface area contributed by atoms with E-state index in [4.69, 9.17) is 12.2 Å². The van der Waals surface area contributed by atoms with Crippen molar-refractivity contribution in [3.8, 4) is 0 Å². The third-order valence-corrected chi connectivity index (χ3v) is 4.56. The van der Waals surface area contributed by atoms with E-state index in [2.05, 4.69) is 33.6 Å². The number of nitrogens with one attached hydrogen (secondary N) is 2. The van der Waals surface area contributed by atoms with Gasteiger partial charge in [0.1, 0.15) is 0 Å². The Hall–Kier alpha value is -2.05. The number of benzene rings is 1. The van der Waals surface area contributed by atoms with Gasteiger partial charge >= 0.3 is 0 Å². The van der Waals surface area contributed by atoms with E-state index >= 15 is 0 Å². The second-order valence-electron chi connectivity index (χ2n) is 4.77. The maximum Gasteiger partial charge on any atom is 0.171 e. The highest BCUT2D eigenvalue weighted by atomic mass is 32.1. The number of hydrogen-bond acceptors (Lipinski definition) is 4. The minimum atomic E-state index is 0.588. The molecule has 0 radical (unpaired) electrons. The van der Waals surface area contributed by atoms with Crippen LogP contribution in [0.1, 0.15) is 17.6 Å². The number of aromatic nitrogens is 2. The van der Waals surface area contributed by atoms with E-state index in [0.717, 1.165) is 28.3 Å². The minimum absolute atomic E-state index is 0.588. The van der Waals surface area contributed by atoms with Gasteiger partial charge in [0.25, 0.3) is 0 Å². The first-order valence-corrected chi connectivity index (χ1v) is 8.31. The average molecular weight is 328 g/mol. The van der Waals surface area contributed by atoms with Crippen LogP contribution >= 0.6 is 23.6 Å². The van der Waals surface area contributed by atoms with Gasteiger partial charge in [-0.15, -0.1) is 11.3 Å². The lowest BCUT2D eigenvalue weighted by Gasteiger charge is -2.10. The minimum Gasteiger partial charge on any atom is -0.357 e. The average Bonchev–Trinajstić information content (AvgIpc) is 2.96. The highest BCUT2D eigenvalue weighted by molar-refractivity contribution is 7.80. The van der Waals surface area contributed by atoms with Crippen LogP contribution in [0.25, 0.3) is 10.2 Å². The Kier molecular flexibility index (Phi) is 4.60. The number of fused-ring (bicyclic) bond motifs is 1. The fourth-order valence-corrected chi connectivity index (χ4v) is 3.19. The molecule has 0 fully saturated rings. The number of pyridine rings is 1. The summed E-state index contributed by atoms with van der Waals surface area (Å²) in [7, 11) is 0. The molecule has 0 saturated carbocycles. The molecule has 0 saturated heterocycles. The number of thiocarbonyl (C=S) groups is 1. The van der Waals surface area contributed by atoms with Crippen molar-refractivity contribution < 1.29 is 0 Å². The molecule has 0 aliphatic rings. The monoisotopic (exact) mass is 328 g/mol. The first kappa shape index (κ1) is 14.9. The molecule has 4 nitrogen and oxygen atoms in total. The molecule has 2 aromatic heterocycles. The first-order chi connectivity index (χ1) is 10.7. The Morgan fingerprint density at radius 1 is 1.27 bits per heavy atom. The molecule has 0 spiro atoms. The lowest BCUT2D eigenvalue weighted by atomic mass is 10.3. The van der Waals surface area contributed by atoms with Crippen LogP contribution in [0.2, 0.25) is 0 Å². The highest BCUT2D eigenvalue weighted by Crippen LogP contribution is 2.25. The number of hydrogen-bond donors (Lipinski definition) is 2. The Bertz CT molecular complexity index is 783. The lowest BCUT2D eigenvalue weighted by Crippen LogP contribution is -2.28. The molecule has 1 aromatic carbocycles. The zero-order valence-corrected chi connectivity index (χ0v) is 13.8. The van der Waals surface area contributed by atoms with Crippen LogP contribution in [0.5, 0.6) is 0 Å². The predicted molar refractivity (Wildman–Crippen MR) is 96.3 cm³/mol. The van der Waals surface area contributed by atoms with Gasteiger partial charge < -0.3 is 10.6 Å². The predicted octanol–water partition coefficient (Wildman–Crippen LogP) is 3.74. The zero-order chi connectivity index (χ0) is 15.4. The number of nitrogens with zero attached hydrogens (tertiary/aromatic N) is 2. The number of rotatable bonds is 4. The molecule has 6 heteroatoms. The van der Waals surface area contributed by atoms with E-state index in [0.29, 0.717) is 11.7 Å². The molecule has 22 heavy (non-hydrogen) atoms. The maximum absolute atomic E-state index is 5.32. The summed E-state index contributed by atoms with van der Waals surface area (Å²) in [6, 6.07) is 11.9. The van der Waals surface area contributed by atoms with Crippen LogP contribution < -0.4 is 10.6 Å². The largest absolute Gasteiger partial charge is 0.357 e. The standard InChI is InChI=1S/C16H16N4S2/c1-2-15-20-13-7-6-11(9-14(13)22-15)19-16(21)18-10-12-5-3-4-8-17-12/h3-9H,2,10H2,1H3,(H2,18,19,21). The molecule has 2 heterocycles. The quantitative estimate of drug-likeness (QED) is 0.715. The molecule has 3 rings (SSSR count). The summed E-state index contributed by atoms with van der Waals surface area (Å²) in [5.74, 6) is 0. The third-order valence-electron chi connectivity index (χ3n) is 3.15. The molecular formula is C16H16N4S2. The van der Waals surface area contributed by atoms with Crippen molar-refractivity contribution in [2.24, 2.45) is 0 Å². The highest BCUT2D eigenvalue weighted by Gasteiger charge is 2.04. The number of thiazole rings is 1. The molecule has 0 amide bonds. The van der Waals surface area contributed by atoms with Gasteiger partial charge in [0, 0.05) is 11.9 Å². The van der Waals surface area contributed by atoms with Crippen molar-refractivity contribution in [2.45, 2.75) is 19.9 Å². The smallest absolute Gasteiger partial charge is 0.171 e. The Morgan fingerprint density at radius 3 is 2.95 bits per heavy atom. The lowest BCUT2D eigenvalue weighted by molar-refractivity contribution is 0.882. The van der Waals surface area contributed by atoms with Gasteiger partial charge in [-0.05, 0) is 49.0 Å². The van der Waals surface area contributed by atoms with Gasteiger partial charge in [0.2, 0.25) is 0 Å². The third kappa shape index (κ3) is 3.58. The van der Waals surface area contributed by atoms with Crippen LogP contribution in [0, 0.1) is 0 Å². The fourth-order valence-electron chi connectivity index (χ4n) is 2.05. The van der Waals surface area contributed by atoms with Gasteiger partial charge in [-0.1, -0.05) is 13.0 Å². The first-order valence-electron chi connectivity index (χ1n) is 7.09. The summed E-state index contributed by atoms with van der Waals surface area (Å²) in [4.78, 5) is 8.82. The van der Waals surface area contributed by atoms with Crippen molar-refractivity contribution in [1.29, 1.82) is 0 Å². The number of anilines is 1. The van der Waals surface area contributed by atoms with Crippen molar-refractivity contribution in [1.82, 2.24) is 15.3 Å².